The molecule has 0 heterocycles. The molecule has 1 aromatic carbocycles. The monoisotopic (exact) mass is 227 g/mol. The molecular formula is C8H9Cl2F2N. The Kier molecular flexibility index (Phi) is 5.21. The lowest BCUT2D eigenvalue weighted by Gasteiger charge is -2.06. The number of hydrogen-bond acceptors (Lipinski definition) is 1. The minimum atomic E-state index is -0.897. The predicted octanol–water partition coefficient (Wildman–Crippen LogP) is 2.63. The summed E-state index contributed by atoms with van der Waals surface area (Å²) >= 11 is 5.70. The van der Waals surface area contributed by atoms with Gasteiger partial charge in [-0.25, -0.2) is 8.78 Å². The van der Waals surface area contributed by atoms with Crippen LogP contribution in [-0.4, -0.2) is 6.54 Å². The first kappa shape index (κ1) is 12.6. The molecule has 0 aromatic heterocycles. The fourth-order valence-corrected chi connectivity index (χ4v) is 0.979. The van der Waals surface area contributed by atoms with E-state index in [-0.39, 0.29) is 19.0 Å². The summed E-state index contributed by atoms with van der Waals surface area (Å²) in [6.45, 7) is 0.201. The van der Waals surface area contributed by atoms with E-state index in [9.17, 15) is 8.78 Å². The molecule has 1 nitrogen and oxygen atoms in total. The summed E-state index contributed by atoms with van der Waals surface area (Å²) in [5.41, 5.74) is 5.74. The van der Waals surface area contributed by atoms with Crippen molar-refractivity contribution in [1.82, 2.24) is 0 Å². The van der Waals surface area contributed by atoms with E-state index in [1.165, 1.54) is 6.07 Å². The van der Waals surface area contributed by atoms with Crippen molar-refractivity contribution in [2.75, 3.05) is 6.54 Å². The van der Waals surface area contributed by atoms with Gasteiger partial charge in [-0.2, -0.15) is 0 Å². The van der Waals surface area contributed by atoms with Crippen LogP contribution in [0.2, 0.25) is 0 Å². The second kappa shape index (κ2) is 5.37. The highest BCUT2D eigenvalue weighted by Gasteiger charge is 2.08. The van der Waals surface area contributed by atoms with Crippen molar-refractivity contribution >= 4 is 24.0 Å². The minimum absolute atomic E-state index is 0. The third kappa shape index (κ3) is 3.10. The maximum Gasteiger partial charge on any atom is 0.159 e. The van der Waals surface area contributed by atoms with E-state index in [2.05, 4.69) is 0 Å². The molecule has 0 aliphatic heterocycles. The molecule has 1 aromatic rings. The highest BCUT2D eigenvalue weighted by Crippen LogP contribution is 2.20. The first-order valence-electron chi connectivity index (χ1n) is 3.44. The maximum atomic E-state index is 12.6. The normalized spacial score (nSPS) is 12.0. The summed E-state index contributed by atoms with van der Waals surface area (Å²) in [5.74, 6) is -1.77. The molecule has 0 radical (unpaired) electrons. The van der Waals surface area contributed by atoms with Gasteiger partial charge < -0.3 is 5.73 Å². The van der Waals surface area contributed by atoms with Crippen LogP contribution in [0.1, 0.15) is 10.9 Å². The van der Waals surface area contributed by atoms with Crippen LogP contribution in [0.3, 0.4) is 0 Å². The van der Waals surface area contributed by atoms with Gasteiger partial charge in [0.05, 0.1) is 5.38 Å². The Morgan fingerprint density at radius 3 is 2.38 bits per heavy atom. The van der Waals surface area contributed by atoms with Gasteiger partial charge in [0, 0.05) is 6.54 Å². The van der Waals surface area contributed by atoms with Gasteiger partial charge in [0.15, 0.2) is 11.6 Å². The number of nitrogens with two attached hydrogens (primary N) is 1. The minimum Gasteiger partial charge on any atom is -0.329 e. The molecule has 0 fully saturated rings. The SMILES string of the molecule is Cl.NCC(Cl)c1ccc(F)c(F)c1. The molecule has 0 saturated heterocycles. The fraction of sp³-hybridized carbons (Fsp3) is 0.250. The zero-order chi connectivity index (χ0) is 9.14. The molecule has 74 valence electrons. The molecule has 13 heavy (non-hydrogen) atoms. The lowest BCUT2D eigenvalue weighted by Crippen LogP contribution is -2.07. The van der Waals surface area contributed by atoms with E-state index in [1.807, 2.05) is 0 Å². The molecule has 1 atom stereocenters. The van der Waals surface area contributed by atoms with Crippen LogP contribution in [-0.2, 0) is 0 Å². The molecule has 0 bridgehead atoms. The van der Waals surface area contributed by atoms with Crippen LogP contribution in [0.15, 0.2) is 18.2 Å². The van der Waals surface area contributed by atoms with E-state index in [0.717, 1.165) is 12.1 Å². The molecular weight excluding hydrogens is 219 g/mol. The zero-order valence-corrected chi connectivity index (χ0v) is 8.21. The second-order valence-electron chi connectivity index (χ2n) is 2.38. The van der Waals surface area contributed by atoms with Crippen LogP contribution in [0.5, 0.6) is 0 Å². The highest BCUT2D eigenvalue weighted by molar-refractivity contribution is 6.20. The van der Waals surface area contributed by atoms with Crippen molar-refractivity contribution < 1.29 is 8.78 Å². The Hall–Kier alpha value is -0.380. The van der Waals surface area contributed by atoms with Gasteiger partial charge in [0.2, 0.25) is 0 Å². The lowest BCUT2D eigenvalue weighted by atomic mass is 10.1. The quantitative estimate of drug-likeness (QED) is 0.773. The average molecular weight is 228 g/mol. The number of benzene rings is 1. The van der Waals surface area contributed by atoms with Crippen LogP contribution in [0, 0.1) is 11.6 Å². The summed E-state index contributed by atoms with van der Waals surface area (Å²) in [6.07, 6.45) is 0. The highest BCUT2D eigenvalue weighted by atomic mass is 35.5. The smallest absolute Gasteiger partial charge is 0.159 e. The number of rotatable bonds is 2. The van der Waals surface area contributed by atoms with Gasteiger partial charge in [0.1, 0.15) is 0 Å². The summed E-state index contributed by atoms with van der Waals surface area (Å²) in [4.78, 5) is 0. The molecule has 5 heteroatoms. The van der Waals surface area contributed by atoms with Crippen LogP contribution in [0.25, 0.3) is 0 Å². The third-order valence-corrected chi connectivity index (χ3v) is 1.94. The average Bonchev–Trinajstić information content (AvgIpc) is 2.08. The van der Waals surface area contributed by atoms with Crippen molar-refractivity contribution in [1.29, 1.82) is 0 Å². The van der Waals surface area contributed by atoms with E-state index >= 15 is 0 Å². The summed E-state index contributed by atoms with van der Waals surface area (Å²) < 4.78 is 25.0. The van der Waals surface area contributed by atoms with Crippen molar-refractivity contribution in [3.63, 3.8) is 0 Å². The lowest BCUT2D eigenvalue weighted by molar-refractivity contribution is 0.507. The Bertz CT molecular complexity index is 281. The van der Waals surface area contributed by atoms with Crippen molar-refractivity contribution in [2.24, 2.45) is 5.73 Å². The molecule has 0 amide bonds. The van der Waals surface area contributed by atoms with Gasteiger partial charge in [-0.1, -0.05) is 6.07 Å². The van der Waals surface area contributed by atoms with E-state index in [1.54, 1.807) is 0 Å². The molecule has 2 N–H and O–H groups in total. The Labute approximate surface area is 86.3 Å². The number of halogens is 4. The Morgan fingerprint density at radius 1 is 1.31 bits per heavy atom. The third-order valence-electron chi connectivity index (χ3n) is 1.51. The fourth-order valence-electron chi connectivity index (χ4n) is 0.843. The van der Waals surface area contributed by atoms with E-state index in [0.29, 0.717) is 5.56 Å². The van der Waals surface area contributed by atoms with E-state index in [4.69, 9.17) is 17.3 Å². The second-order valence-corrected chi connectivity index (χ2v) is 2.90. The van der Waals surface area contributed by atoms with Gasteiger partial charge in [-0.15, -0.1) is 24.0 Å². The van der Waals surface area contributed by atoms with Crippen molar-refractivity contribution in [3.05, 3.63) is 35.4 Å². The predicted molar refractivity (Wildman–Crippen MR) is 51.3 cm³/mol. The van der Waals surface area contributed by atoms with Gasteiger partial charge in [0.25, 0.3) is 0 Å². The zero-order valence-electron chi connectivity index (χ0n) is 6.64. The van der Waals surface area contributed by atoms with Crippen LogP contribution in [0.4, 0.5) is 8.78 Å². The van der Waals surface area contributed by atoms with Gasteiger partial charge >= 0.3 is 0 Å². The molecule has 0 aliphatic rings. The Morgan fingerprint density at radius 2 is 1.92 bits per heavy atom. The number of hydrogen-bond donors (Lipinski definition) is 1. The van der Waals surface area contributed by atoms with Gasteiger partial charge in [-0.3, -0.25) is 0 Å². The summed E-state index contributed by atoms with van der Waals surface area (Å²) in [6, 6.07) is 3.51. The molecule has 0 spiro atoms. The molecule has 1 unspecified atom stereocenters. The topological polar surface area (TPSA) is 26.0 Å². The maximum absolute atomic E-state index is 12.6. The first-order valence-corrected chi connectivity index (χ1v) is 3.88. The van der Waals surface area contributed by atoms with Gasteiger partial charge in [-0.05, 0) is 17.7 Å². The standard InChI is InChI=1S/C8H8ClF2N.ClH/c9-6(4-12)5-1-2-7(10)8(11)3-5;/h1-3,6H,4,12H2;1H. The van der Waals surface area contributed by atoms with E-state index < -0.39 is 17.0 Å². The molecule has 0 saturated carbocycles. The summed E-state index contributed by atoms with van der Waals surface area (Å²) in [7, 11) is 0. The summed E-state index contributed by atoms with van der Waals surface area (Å²) in [5, 5.41) is -0.458. The first-order chi connectivity index (χ1) is 5.65. The van der Waals surface area contributed by atoms with Crippen LogP contribution >= 0.6 is 24.0 Å². The largest absolute Gasteiger partial charge is 0.329 e. The van der Waals surface area contributed by atoms with Crippen molar-refractivity contribution in [3.8, 4) is 0 Å². The van der Waals surface area contributed by atoms with Crippen molar-refractivity contribution in [2.45, 2.75) is 5.38 Å². The molecule has 1 rings (SSSR count). The Balaban J connectivity index is 0.00000144. The molecule has 0 aliphatic carbocycles. The number of alkyl halides is 1. The van der Waals surface area contributed by atoms with Crippen LogP contribution < -0.4 is 5.73 Å².